The molecular formula is C28H34N4O3S. The van der Waals surface area contributed by atoms with Gasteiger partial charge in [0.15, 0.2) is 0 Å². The number of aryl methyl sites for hydroxylation is 2. The van der Waals surface area contributed by atoms with Crippen LogP contribution in [0.5, 0.6) is 0 Å². The van der Waals surface area contributed by atoms with Gasteiger partial charge < -0.3 is 15.2 Å². The maximum Gasteiger partial charge on any atom is 0.243 e. The molecule has 2 N–H and O–H groups in total. The van der Waals surface area contributed by atoms with E-state index in [-0.39, 0.29) is 23.3 Å². The van der Waals surface area contributed by atoms with E-state index in [9.17, 15) is 13.2 Å². The summed E-state index contributed by atoms with van der Waals surface area (Å²) in [6.07, 6.45) is 4.66. The monoisotopic (exact) mass is 506 g/mol. The van der Waals surface area contributed by atoms with Gasteiger partial charge in [0.25, 0.3) is 0 Å². The fourth-order valence-corrected chi connectivity index (χ4v) is 7.08. The highest BCUT2D eigenvalue weighted by molar-refractivity contribution is 7.89. The van der Waals surface area contributed by atoms with Gasteiger partial charge in [-0.3, -0.25) is 4.79 Å². The van der Waals surface area contributed by atoms with E-state index in [2.05, 4.69) is 33.4 Å². The predicted molar refractivity (Wildman–Crippen MR) is 140 cm³/mol. The molecule has 0 saturated heterocycles. The number of carbonyl (C=O) groups is 1. The second-order valence-electron chi connectivity index (χ2n) is 9.92. The third-order valence-electron chi connectivity index (χ3n) is 7.37. The molecule has 0 spiro atoms. The van der Waals surface area contributed by atoms with Crippen LogP contribution in [-0.4, -0.2) is 42.8 Å². The lowest BCUT2D eigenvalue weighted by atomic mass is 9.87. The van der Waals surface area contributed by atoms with Crippen LogP contribution < -0.4 is 10.6 Å². The second-order valence-corrected chi connectivity index (χ2v) is 11.8. The number of sulfonamides is 1. The molecule has 3 aromatic rings. The Kier molecular flexibility index (Phi) is 7.01. The largest absolute Gasteiger partial charge is 0.353 e. The first-order valence-corrected chi connectivity index (χ1v) is 14.1. The summed E-state index contributed by atoms with van der Waals surface area (Å²) in [6, 6.07) is 16.8. The highest BCUT2D eigenvalue weighted by atomic mass is 32.2. The summed E-state index contributed by atoms with van der Waals surface area (Å²) in [7, 11) is -1.80. The van der Waals surface area contributed by atoms with E-state index >= 15 is 0 Å². The fraction of sp³-hybridized carbons (Fsp3) is 0.393. The Morgan fingerprint density at radius 2 is 1.86 bits per heavy atom. The van der Waals surface area contributed by atoms with Crippen LogP contribution >= 0.6 is 0 Å². The maximum atomic E-state index is 13.6. The van der Waals surface area contributed by atoms with Crippen molar-refractivity contribution in [3.63, 3.8) is 0 Å². The van der Waals surface area contributed by atoms with E-state index in [1.165, 1.54) is 21.0 Å². The molecule has 8 heteroatoms. The summed E-state index contributed by atoms with van der Waals surface area (Å²) in [5, 5.41) is 6.40. The highest BCUT2D eigenvalue weighted by Crippen LogP contribution is 2.34. The molecule has 2 atom stereocenters. The molecular weight excluding hydrogens is 472 g/mol. The van der Waals surface area contributed by atoms with Gasteiger partial charge >= 0.3 is 0 Å². The van der Waals surface area contributed by atoms with E-state index in [0.29, 0.717) is 13.1 Å². The van der Waals surface area contributed by atoms with Crippen LogP contribution in [0.1, 0.15) is 46.8 Å². The van der Waals surface area contributed by atoms with Gasteiger partial charge in [-0.1, -0.05) is 35.9 Å². The van der Waals surface area contributed by atoms with Crippen LogP contribution in [0.4, 0.5) is 0 Å². The molecule has 1 aromatic heterocycles. The molecule has 1 amide bonds. The fourth-order valence-electron chi connectivity index (χ4n) is 5.49. The molecule has 2 unspecified atom stereocenters. The number of hydrogen-bond donors (Lipinski definition) is 2. The summed E-state index contributed by atoms with van der Waals surface area (Å²) in [4.78, 5) is 13.5. The molecule has 1 aliphatic carbocycles. The van der Waals surface area contributed by atoms with Crippen LogP contribution in [0.2, 0.25) is 0 Å². The van der Waals surface area contributed by atoms with Crippen molar-refractivity contribution in [2.75, 3.05) is 13.6 Å². The average molecular weight is 507 g/mol. The molecule has 7 nitrogen and oxygen atoms in total. The molecule has 0 fully saturated rings. The molecule has 190 valence electrons. The second kappa shape index (κ2) is 10.2. The number of aromatic nitrogens is 1. The van der Waals surface area contributed by atoms with Gasteiger partial charge in [0.1, 0.15) is 0 Å². The average Bonchev–Trinajstić information content (AvgIpc) is 3.34. The number of benzene rings is 2. The summed E-state index contributed by atoms with van der Waals surface area (Å²) in [6.45, 7) is 3.68. The SMILES string of the molecule is CNCc1ccc2c(c1)CCC(NC(=O)CC1c3cccn3CCN1S(=O)(=O)c1ccc(C)cc1)C2. The first-order chi connectivity index (χ1) is 17.3. The minimum Gasteiger partial charge on any atom is -0.353 e. The van der Waals surface area contributed by atoms with E-state index < -0.39 is 16.1 Å². The normalized spacial score (nSPS) is 19.9. The molecule has 2 heterocycles. The number of amides is 1. The third kappa shape index (κ3) is 4.98. The van der Waals surface area contributed by atoms with Crippen molar-refractivity contribution < 1.29 is 13.2 Å². The van der Waals surface area contributed by atoms with E-state index in [4.69, 9.17) is 0 Å². The molecule has 0 radical (unpaired) electrons. The molecule has 1 aliphatic heterocycles. The van der Waals surface area contributed by atoms with Gasteiger partial charge in [-0.25, -0.2) is 8.42 Å². The lowest BCUT2D eigenvalue weighted by Gasteiger charge is -2.36. The number of carbonyl (C=O) groups excluding carboxylic acids is 1. The van der Waals surface area contributed by atoms with Gasteiger partial charge in [0, 0.05) is 44.0 Å². The number of hydrogen-bond acceptors (Lipinski definition) is 4. The summed E-state index contributed by atoms with van der Waals surface area (Å²) >= 11 is 0. The Balaban J connectivity index is 1.32. The molecule has 5 rings (SSSR count). The van der Waals surface area contributed by atoms with Crippen molar-refractivity contribution in [1.29, 1.82) is 0 Å². The van der Waals surface area contributed by atoms with Gasteiger partial charge in [-0.15, -0.1) is 0 Å². The number of fused-ring (bicyclic) bond motifs is 2. The van der Waals surface area contributed by atoms with Crippen molar-refractivity contribution in [3.05, 3.63) is 88.7 Å². The molecule has 2 aliphatic rings. The third-order valence-corrected chi connectivity index (χ3v) is 9.29. The zero-order valence-corrected chi connectivity index (χ0v) is 21.7. The van der Waals surface area contributed by atoms with Gasteiger partial charge in [0.2, 0.25) is 15.9 Å². The van der Waals surface area contributed by atoms with Gasteiger partial charge in [-0.05, 0) is 74.2 Å². The summed E-state index contributed by atoms with van der Waals surface area (Å²) < 4.78 is 30.8. The lowest BCUT2D eigenvalue weighted by Crippen LogP contribution is -2.45. The van der Waals surface area contributed by atoms with Gasteiger partial charge in [0.05, 0.1) is 10.9 Å². The van der Waals surface area contributed by atoms with E-state index in [1.807, 2.05) is 44.4 Å². The Labute approximate surface area is 213 Å². The minimum absolute atomic E-state index is 0.0534. The van der Waals surface area contributed by atoms with E-state index in [1.54, 1.807) is 12.1 Å². The highest BCUT2D eigenvalue weighted by Gasteiger charge is 2.38. The Morgan fingerprint density at radius 3 is 2.64 bits per heavy atom. The zero-order chi connectivity index (χ0) is 25.3. The van der Waals surface area contributed by atoms with Crippen LogP contribution in [-0.2, 0) is 40.7 Å². The number of rotatable bonds is 7. The van der Waals surface area contributed by atoms with Crippen LogP contribution in [0.3, 0.4) is 0 Å². The lowest BCUT2D eigenvalue weighted by molar-refractivity contribution is -0.123. The first kappa shape index (κ1) is 24.7. The molecule has 0 saturated carbocycles. The van der Waals surface area contributed by atoms with Crippen LogP contribution in [0.25, 0.3) is 0 Å². The molecule has 2 aromatic carbocycles. The van der Waals surface area contributed by atoms with Crippen molar-refractivity contribution in [3.8, 4) is 0 Å². The van der Waals surface area contributed by atoms with E-state index in [0.717, 1.165) is 37.1 Å². The number of nitrogens with zero attached hydrogens (tertiary/aromatic N) is 2. The Bertz CT molecular complexity index is 1350. The minimum atomic E-state index is -3.74. The first-order valence-electron chi connectivity index (χ1n) is 12.6. The van der Waals surface area contributed by atoms with Crippen molar-refractivity contribution in [2.24, 2.45) is 0 Å². The molecule has 0 bridgehead atoms. The van der Waals surface area contributed by atoms with Crippen LogP contribution in [0.15, 0.2) is 65.7 Å². The topological polar surface area (TPSA) is 83.4 Å². The molecule has 36 heavy (non-hydrogen) atoms. The summed E-state index contributed by atoms with van der Waals surface area (Å²) in [5.41, 5.74) is 5.77. The Morgan fingerprint density at radius 1 is 1.06 bits per heavy atom. The van der Waals surface area contributed by atoms with Gasteiger partial charge in [-0.2, -0.15) is 4.31 Å². The summed E-state index contributed by atoms with van der Waals surface area (Å²) in [5.74, 6) is -0.112. The Hall–Kier alpha value is -2.94. The standard InChI is InChI=1S/C28H34N4O3S/c1-20-5-11-25(12-6-20)36(34,35)32-15-14-31-13-3-4-26(31)27(32)18-28(33)30-24-10-9-22-16-21(19-29-2)7-8-23(22)17-24/h3-8,11-13,16,24,27,29H,9-10,14-15,17-19H2,1-2H3,(H,30,33). The van der Waals surface area contributed by atoms with Crippen molar-refractivity contribution in [1.82, 2.24) is 19.5 Å². The zero-order valence-electron chi connectivity index (χ0n) is 20.9. The maximum absolute atomic E-state index is 13.6. The van der Waals surface area contributed by atoms with Crippen LogP contribution in [0, 0.1) is 6.92 Å². The van der Waals surface area contributed by atoms with Crippen molar-refractivity contribution >= 4 is 15.9 Å². The van der Waals surface area contributed by atoms with Crippen molar-refractivity contribution in [2.45, 2.75) is 62.7 Å². The quantitative estimate of drug-likeness (QED) is 0.515. The number of nitrogens with one attached hydrogen (secondary N) is 2. The smallest absolute Gasteiger partial charge is 0.243 e. The predicted octanol–water partition coefficient (Wildman–Crippen LogP) is 3.33.